The van der Waals surface area contributed by atoms with Crippen molar-refractivity contribution in [2.75, 3.05) is 13.7 Å². The summed E-state index contributed by atoms with van der Waals surface area (Å²) in [6, 6.07) is 6.37. The van der Waals surface area contributed by atoms with E-state index in [1.54, 1.807) is 19.2 Å². The van der Waals surface area contributed by atoms with Gasteiger partial charge in [0, 0.05) is 24.1 Å². The van der Waals surface area contributed by atoms with E-state index in [-0.39, 0.29) is 22.2 Å². The monoisotopic (exact) mass is 293 g/mol. The average molecular weight is 293 g/mol. The van der Waals surface area contributed by atoms with E-state index in [4.69, 9.17) is 4.74 Å². The van der Waals surface area contributed by atoms with Gasteiger partial charge in [0.25, 0.3) is 0 Å². The van der Waals surface area contributed by atoms with Gasteiger partial charge in [-0.3, -0.25) is 0 Å². The second-order valence-electron chi connectivity index (χ2n) is 4.86. The van der Waals surface area contributed by atoms with Crippen LogP contribution in [-0.2, 0) is 11.3 Å². The molecule has 19 heavy (non-hydrogen) atoms. The van der Waals surface area contributed by atoms with Gasteiger partial charge in [0.2, 0.25) is 0 Å². The van der Waals surface area contributed by atoms with E-state index in [1.165, 1.54) is 12.1 Å². The Labute approximate surface area is 115 Å². The number of ether oxygens (including phenoxy) is 1. The number of alkyl halides is 3. The molecule has 0 radical (unpaired) electrons. The van der Waals surface area contributed by atoms with Crippen molar-refractivity contribution in [2.24, 2.45) is 0 Å². The lowest BCUT2D eigenvalue weighted by Gasteiger charge is -2.25. The summed E-state index contributed by atoms with van der Waals surface area (Å²) in [7, 11) is 1.63. The van der Waals surface area contributed by atoms with Crippen LogP contribution in [0.5, 0.6) is 0 Å². The molecular weight excluding hydrogens is 275 g/mol. The summed E-state index contributed by atoms with van der Waals surface area (Å²) in [6.07, 6.45) is 0. The Morgan fingerprint density at radius 2 is 1.74 bits per heavy atom. The molecule has 0 spiro atoms. The second-order valence-corrected chi connectivity index (χ2v) is 6.00. The van der Waals surface area contributed by atoms with E-state index >= 15 is 0 Å². The molecule has 1 aromatic carbocycles. The normalized spacial score (nSPS) is 12.7. The smallest absolute Gasteiger partial charge is 0.383 e. The lowest BCUT2D eigenvalue weighted by molar-refractivity contribution is -0.0328. The Morgan fingerprint density at radius 3 is 2.21 bits per heavy atom. The molecule has 1 aromatic rings. The number of halogens is 3. The number of rotatable bonds is 6. The van der Waals surface area contributed by atoms with Gasteiger partial charge in [0.1, 0.15) is 0 Å². The van der Waals surface area contributed by atoms with Crippen molar-refractivity contribution >= 4 is 11.8 Å². The first-order valence-electron chi connectivity index (χ1n) is 5.80. The van der Waals surface area contributed by atoms with Gasteiger partial charge in [-0.05, 0) is 43.3 Å². The summed E-state index contributed by atoms with van der Waals surface area (Å²) in [5.74, 6) is 0. The Bertz CT molecular complexity index is 390. The fourth-order valence-corrected chi connectivity index (χ4v) is 2.10. The average Bonchev–Trinajstić information content (AvgIpc) is 2.26. The zero-order valence-corrected chi connectivity index (χ0v) is 12.0. The van der Waals surface area contributed by atoms with Crippen molar-refractivity contribution < 1.29 is 17.9 Å². The molecule has 1 rings (SSSR count). The van der Waals surface area contributed by atoms with Crippen LogP contribution >= 0.6 is 11.8 Å². The van der Waals surface area contributed by atoms with Gasteiger partial charge in [-0.25, -0.2) is 0 Å². The first-order chi connectivity index (χ1) is 8.72. The summed E-state index contributed by atoms with van der Waals surface area (Å²) in [5, 5.41) is 3.29. The van der Waals surface area contributed by atoms with Crippen LogP contribution in [0.3, 0.4) is 0 Å². The molecule has 0 amide bonds. The third-order valence-corrected chi connectivity index (χ3v) is 3.17. The van der Waals surface area contributed by atoms with Gasteiger partial charge in [-0.2, -0.15) is 13.2 Å². The standard InChI is InChI=1S/C13H18F3NOS/c1-12(2,9-18-3)17-8-10-4-6-11(7-5-10)19-13(14,15)16/h4-7,17H,8-9H2,1-3H3. The van der Waals surface area contributed by atoms with E-state index in [0.29, 0.717) is 13.2 Å². The third kappa shape index (κ3) is 6.84. The highest BCUT2D eigenvalue weighted by atomic mass is 32.2. The maximum absolute atomic E-state index is 12.2. The summed E-state index contributed by atoms with van der Waals surface area (Å²) >= 11 is -0.0992. The zero-order valence-electron chi connectivity index (χ0n) is 11.2. The van der Waals surface area contributed by atoms with Crippen LogP contribution in [0.15, 0.2) is 29.2 Å². The molecule has 2 nitrogen and oxygen atoms in total. The first-order valence-corrected chi connectivity index (χ1v) is 6.62. The molecule has 0 aliphatic heterocycles. The molecule has 6 heteroatoms. The van der Waals surface area contributed by atoms with Crippen LogP contribution in [0.2, 0.25) is 0 Å². The van der Waals surface area contributed by atoms with Crippen LogP contribution < -0.4 is 5.32 Å². The predicted octanol–water partition coefficient (Wildman–Crippen LogP) is 3.81. The minimum Gasteiger partial charge on any atom is -0.383 e. The molecular formula is C13H18F3NOS. The highest BCUT2D eigenvalue weighted by Crippen LogP contribution is 2.36. The fourth-order valence-electron chi connectivity index (χ4n) is 1.56. The largest absolute Gasteiger partial charge is 0.446 e. The SMILES string of the molecule is COCC(C)(C)NCc1ccc(SC(F)(F)F)cc1. The van der Waals surface area contributed by atoms with Crippen LogP contribution in [-0.4, -0.2) is 24.8 Å². The van der Waals surface area contributed by atoms with Crippen molar-refractivity contribution in [1.82, 2.24) is 5.32 Å². The number of thioether (sulfide) groups is 1. The molecule has 0 aliphatic carbocycles. The molecule has 0 unspecified atom stereocenters. The number of nitrogens with one attached hydrogen (secondary N) is 1. The van der Waals surface area contributed by atoms with Crippen LogP contribution in [0.1, 0.15) is 19.4 Å². The zero-order chi connectivity index (χ0) is 14.5. The minimum absolute atomic E-state index is 0.0992. The number of benzene rings is 1. The highest BCUT2D eigenvalue weighted by Gasteiger charge is 2.29. The minimum atomic E-state index is -4.24. The maximum atomic E-state index is 12.2. The number of methoxy groups -OCH3 is 1. The van der Waals surface area contributed by atoms with Crippen molar-refractivity contribution in [3.8, 4) is 0 Å². The van der Waals surface area contributed by atoms with Gasteiger partial charge in [-0.1, -0.05) is 12.1 Å². The van der Waals surface area contributed by atoms with Gasteiger partial charge >= 0.3 is 5.51 Å². The van der Waals surface area contributed by atoms with E-state index in [1.807, 2.05) is 13.8 Å². The van der Waals surface area contributed by atoms with Crippen molar-refractivity contribution in [3.63, 3.8) is 0 Å². The lowest BCUT2D eigenvalue weighted by atomic mass is 10.1. The van der Waals surface area contributed by atoms with Gasteiger partial charge in [0.15, 0.2) is 0 Å². The fraction of sp³-hybridized carbons (Fsp3) is 0.538. The second kappa shape index (κ2) is 6.63. The number of hydrogen-bond acceptors (Lipinski definition) is 3. The topological polar surface area (TPSA) is 21.3 Å². The molecule has 0 bridgehead atoms. The Balaban J connectivity index is 2.53. The molecule has 0 heterocycles. The van der Waals surface area contributed by atoms with E-state index < -0.39 is 5.51 Å². The van der Waals surface area contributed by atoms with Gasteiger partial charge < -0.3 is 10.1 Å². The molecule has 1 N–H and O–H groups in total. The van der Waals surface area contributed by atoms with Crippen molar-refractivity contribution in [1.29, 1.82) is 0 Å². The Morgan fingerprint density at radius 1 is 1.16 bits per heavy atom. The summed E-state index contributed by atoms with van der Waals surface area (Å²) in [6.45, 7) is 5.16. The van der Waals surface area contributed by atoms with Crippen LogP contribution in [0, 0.1) is 0 Å². The van der Waals surface area contributed by atoms with Crippen LogP contribution in [0.4, 0.5) is 13.2 Å². The molecule has 108 valence electrons. The van der Waals surface area contributed by atoms with Gasteiger partial charge in [0.05, 0.1) is 6.61 Å². The maximum Gasteiger partial charge on any atom is 0.446 e. The van der Waals surface area contributed by atoms with Gasteiger partial charge in [-0.15, -0.1) is 0 Å². The van der Waals surface area contributed by atoms with E-state index in [2.05, 4.69) is 5.32 Å². The Kier molecular flexibility index (Phi) is 5.70. The van der Waals surface area contributed by atoms with Crippen LogP contribution in [0.25, 0.3) is 0 Å². The summed E-state index contributed by atoms with van der Waals surface area (Å²) < 4.78 is 41.6. The predicted molar refractivity (Wildman–Crippen MR) is 71.1 cm³/mol. The molecule has 0 aromatic heterocycles. The summed E-state index contributed by atoms with van der Waals surface area (Å²) in [5.41, 5.74) is -3.47. The lowest BCUT2D eigenvalue weighted by Crippen LogP contribution is -2.42. The first kappa shape index (κ1) is 16.3. The quantitative estimate of drug-likeness (QED) is 0.806. The molecule has 0 fully saturated rings. The van der Waals surface area contributed by atoms with E-state index in [0.717, 1.165) is 5.56 Å². The highest BCUT2D eigenvalue weighted by molar-refractivity contribution is 8.00. The van der Waals surface area contributed by atoms with E-state index in [9.17, 15) is 13.2 Å². The number of hydrogen-bond donors (Lipinski definition) is 1. The Hall–Kier alpha value is -0.720. The van der Waals surface area contributed by atoms with Crippen molar-refractivity contribution in [3.05, 3.63) is 29.8 Å². The molecule has 0 atom stereocenters. The molecule has 0 saturated carbocycles. The molecule has 0 aliphatic rings. The molecule has 0 saturated heterocycles. The van der Waals surface area contributed by atoms with Crippen molar-refractivity contribution in [2.45, 2.75) is 36.3 Å². The third-order valence-electron chi connectivity index (χ3n) is 2.43. The summed E-state index contributed by atoms with van der Waals surface area (Å²) in [4.78, 5) is 0.201.